The number of benzene rings is 3. The highest BCUT2D eigenvalue weighted by atomic mass is 16.7. The summed E-state index contributed by atoms with van der Waals surface area (Å²) in [7, 11) is -0.651. The van der Waals surface area contributed by atoms with Crippen LogP contribution in [0.4, 0.5) is 0 Å². The molecule has 1 aliphatic rings. The highest BCUT2D eigenvalue weighted by Crippen LogP contribution is 2.36. The maximum absolute atomic E-state index is 13.5. The lowest BCUT2D eigenvalue weighted by atomic mass is 9.78. The van der Waals surface area contributed by atoms with Crippen LogP contribution in [0.5, 0.6) is 5.75 Å². The Balaban J connectivity index is 1.50. The molecule has 0 aromatic heterocycles. The van der Waals surface area contributed by atoms with Crippen molar-refractivity contribution in [1.29, 1.82) is 0 Å². The van der Waals surface area contributed by atoms with Crippen molar-refractivity contribution in [3.05, 3.63) is 95.6 Å². The van der Waals surface area contributed by atoms with Crippen molar-refractivity contribution in [3.8, 4) is 5.75 Å². The summed E-state index contributed by atoms with van der Waals surface area (Å²) in [5, 5.41) is 2.66. The van der Waals surface area contributed by atoms with E-state index in [1.54, 1.807) is 25.1 Å². The monoisotopic (exact) mass is 587 g/mol. The van der Waals surface area contributed by atoms with Crippen LogP contribution in [0.2, 0.25) is 0 Å². The van der Waals surface area contributed by atoms with Crippen molar-refractivity contribution in [2.24, 2.45) is 0 Å². The fourth-order valence-electron chi connectivity index (χ4n) is 4.35. The van der Waals surface area contributed by atoms with E-state index in [4.69, 9.17) is 23.5 Å². The van der Waals surface area contributed by atoms with Gasteiger partial charge in [-0.2, -0.15) is 0 Å². The molecule has 1 N–H and O–H groups in total. The van der Waals surface area contributed by atoms with E-state index in [2.05, 4.69) is 5.32 Å². The Labute approximate surface area is 253 Å². The summed E-state index contributed by atoms with van der Waals surface area (Å²) in [6.45, 7) is 9.95. The molecule has 1 amide bonds. The average molecular weight is 587 g/mol. The smallest absolute Gasteiger partial charge is 0.493 e. The molecular formula is C33H38BNO8. The molecule has 4 rings (SSSR count). The van der Waals surface area contributed by atoms with Crippen LogP contribution in [0.3, 0.4) is 0 Å². The summed E-state index contributed by atoms with van der Waals surface area (Å²) in [5.41, 5.74) is 1.35. The van der Waals surface area contributed by atoms with Crippen LogP contribution in [0.1, 0.15) is 62.5 Å². The quantitative estimate of drug-likeness (QED) is 0.246. The number of carbonyl (C=O) groups is 3. The molecule has 0 unspecified atom stereocenters. The lowest BCUT2D eigenvalue weighted by Gasteiger charge is -2.32. The Bertz CT molecular complexity index is 1390. The minimum Gasteiger partial charge on any atom is -0.493 e. The zero-order chi connectivity index (χ0) is 31.0. The van der Waals surface area contributed by atoms with Crippen LogP contribution in [-0.4, -0.2) is 48.8 Å². The molecule has 0 spiro atoms. The molecule has 0 saturated carbocycles. The van der Waals surface area contributed by atoms with E-state index < -0.39 is 48.6 Å². The molecule has 1 atom stereocenters. The molecule has 3 aromatic rings. The van der Waals surface area contributed by atoms with E-state index in [9.17, 15) is 14.4 Å². The van der Waals surface area contributed by atoms with Gasteiger partial charge in [0.05, 0.1) is 29.8 Å². The summed E-state index contributed by atoms with van der Waals surface area (Å²) in [4.78, 5) is 39.4. The molecule has 3 aromatic carbocycles. The zero-order valence-electron chi connectivity index (χ0n) is 25.3. The molecule has 1 aliphatic heterocycles. The number of hydrogen-bond donors (Lipinski definition) is 1. The molecular weight excluding hydrogens is 549 g/mol. The van der Waals surface area contributed by atoms with E-state index in [1.807, 2.05) is 88.4 Å². The molecule has 1 heterocycles. The van der Waals surface area contributed by atoms with Gasteiger partial charge in [-0.15, -0.1) is 0 Å². The van der Waals surface area contributed by atoms with Crippen molar-refractivity contribution in [2.45, 2.75) is 71.5 Å². The lowest BCUT2D eigenvalue weighted by Crippen LogP contribution is -2.43. The number of esters is 2. The van der Waals surface area contributed by atoms with E-state index in [1.165, 1.54) is 0 Å². The Morgan fingerprint density at radius 2 is 1.37 bits per heavy atom. The van der Waals surface area contributed by atoms with Crippen molar-refractivity contribution in [1.82, 2.24) is 5.32 Å². The van der Waals surface area contributed by atoms with Gasteiger partial charge in [0.1, 0.15) is 25.0 Å². The molecule has 0 aliphatic carbocycles. The van der Waals surface area contributed by atoms with Crippen LogP contribution >= 0.6 is 0 Å². The summed E-state index contributed by atoms with van der Waals surface area (Å²) in [5.74, 6) is -1.75. The number of carbonyl (C=O) groups excluding carboxylic acids is 3. The first-order valence-corrected chi connectivity index (χ1v) is 14.3. The number of ether oxygens (including phenoxy) is 3. The van der Waals surface area contributed by atoms with E-state index in [0.29, 0.717) is 12.1 Å². The molecule has 10 heteroatoms. The molecule has 1 saturated heterocycles. The SMILES string of the molecule is CCOc1cc(B2OC(C)(C)C(C)(C)O2)ccc1C(=O)N[C@@H](CC(=O)OCc1ccccc1)C(=O)OCc1ccccc1. The minimum atomic E-state index is -1.29. The predicted molar refractivity (Wildman–Crippen MR) is 162 cm³/mol. The third-order valence-electron chi connectivity index (χ3n) is 7.50. The van der Waals surface area contributed by atoms with Crippen LogP contribution in [0.15, 0.2) is 78.9 Å². The fourth-order valence-corrected chi connectivity index (χ4v) is 4.35. The second-order valence-electron chi connectivity index (χ2n) is 11.2. The van der Waals surface area contributed by atoms with E-state index in [-0.39, 0.29) is 24.5 Å². The fraction of sp³-hybridized carbons (Fsp3) is 0.364. The van der Waals surface area contributed by atoms with Crippen molar-refractivity contribution in [2.75, 3.05) is 6.61 Å². The van der Waals surface area contributed by atoms with Gasteiger partial charge in [-0.3, -0.25) is 9.59 Å². The van der Waals surface area contributed by atoms with Crippen LogP contribution in [0, 0.1) is 0 Å². The Hall–Kier alpha value is -4.15. The minimum absolute atomic E-state index is 0.0158. The third kappa shape index (κ3) is 8.24. The standard InChI is InChI=1S/C33H38BNO8/c1-6-39-28-19-25(34-42-32(2,3)33(4,5)43-34)17-18-26(28)30(37)35-27(31(38)41-22-24-15-11-8-12-16-24)20-29(36)40-21-23-13-9-7-10-14-23/h7-19,27H,6,20-22H2,1-5H3,(H,35,37)/t27-/m0/s1. The van der Waals surface area contributed by atoms with Gasteiger partial charge in [-0.05, 0) is 63.3 Å². The van der Waals surface area contributed by atoms with Gasteiger partial charge in [0, 0.05) is 0 Å². The van der Waals surface area contributed by atoms with Gasteiger partial charge in [0.15, 0.2) is 0 Å². The van der Waals surface area contributed by atoms with Crippen LogP contribution in [0.25, 0.3) is 0 Å². The maximum Gasteiger partial charge on any atom is 0.494 e. The molecule has 9 nitrogen and oxygen atoms in total. The van der Waals surface area contributed by atoms with Gasteiger partial charge in [-0.1, -0.05) is 66.7 Å². The van der Waals surface area contributed by atoms with Gasteiger partial charge in [0.2, 0.25) is 0 Å². The second kappa shape index (κ2) is 13.9. The second-order valence-corrected chi connectivity index (χ2v) is 11.2. The summed E-state index contributed by atoms with van der Waals surface area (Å²) in [6, 6.07) is 22.0. The molecule has 226 valence electrons. The first-order valence-electron chi connectivity index (χ1n) is 14.3. The molecule has 0 bridgehead atoms. The van der Waals surface area contributed by atoms with Gasteiger partial charge < -0.3 is 28.8 Å². The zero-order valence-corrected chi connectivity index (χ0v) is 25.3. The molecule has 1 fully saturated rings. The first kappa shape index (κ1) is 31.8. The molecule has 0 radical (unpaired) electrons. The van der Waals surface area contributed by atoms with Gasteiger partial charge >= 0.3 is 19.1 Å². The largest absolute Gasteiger partial charge is 0.494 e. The van der Waals surface area contributed by atoms with E-state index >= 15 is 0 Å². The first-order chi connectivity index (χ1) is 20.5. The number of hydrogen-bond acceptors (Lipinski definition) is 8. The highest BCUT2D eigenvalue weighted by molar-refractivity contribution is 6.62. The van der Waals surface area contributed by atoms with Crippen molar-refractivity contribution < 1.29 is 37.9 Å². The Kier molecular flexibility index (Phi) is 10.3. The third-order valence-corrected chi connectivity index (χ3v) is 7.50. The van der Waals surface area contributed by atoms with Gasteiger partial charge in [0.25, 0.3) is 5.91 Å². The van der Waals surface area contributed by atoms with Crippen molar-refractivity contribution in [3.63, 3.8) is 0 Å². The predicted octanol–water partition coefficient (Wildman–Crippen LogP) is 4.36. The number of amides is 1. The maximum atomic E-state index is 13.5. The summed E-state index contributed by atoms with van der Waals surface area (Å²) in [6.07, 6.45) is -0.415. The van der Waals surface area contributed by atoms with Gasteiger partial charge in [-0.25, -0.2) is 4.79 Å². The highest BCUT2D eigenvalue weighted by Gasteiger charge is 2.51. The summed E-state index contributed by atoms with van der Waals surface area (Å²) < 4.78 is 28.9. The van der Waals surface area contributed by atoms with Crippen LogP contribution < -0.4 is 15.5 Å². The molecule has 43 heavy (non-hydrogen) atoms. The lowest BCUT2D eigenvalue weighted by molar-refractivity contribution is -0.153. The number of rotatable bonds is 12. The topological polar surface area (TPSA) is 109 Å². The normalized spacial score (nSPS) is 15.8. The summed E-state index contributed by atoms with van der Waals surface area (Å²) >= 11 is 0. The van der Waals surface area contributed by atoms with E-state index in [0.717, 1.165) is 11.1 Å². The van der Waals surface area contributed by atoms with Crippen LogP contribution in [-0.2, 0) is 41.6 Å². The van der Waals surface area contributed by atoms with Crippen molar-refractivity contribution >= 4 is 30.4 Å². The average Bonchev–Trinajstić information content (AvgIpc) is 3.21. The number of nitrogens with one attached hydrogen (secondary N) is 1. The Morgan fingerprint density at radius 3 is 1.93 bits per heavy atom. The Morgan fingerprint density at radius 1 is 0.814 bits per heavy atom.